The number of ether oxygens (including phenoxy) is 1. The Hall–Kier alpha value is -0.610. The van der Waals surface area contributed by atoms with Crippen molar-refractivity contribution >= 4 is 5.91 Å². The highest BCUT2D eigenvalue weighted by molar-refractivity contribution is 5.80. The molecule has 0 aliphatic heterocycles. The molecule has 4 heteroatoms. The lowest BCUT2D eigenvalue weighted by molar-refractivity contribution is -0.122. The van der Waals surface area contributed by atoms with E-state index in [2.05, 4.69) is 5.32 Å². The van der Waals surface area contributed by atoms with Gasteiger partial charge in [-0.2, -0.15) is 0 Å². The fourth-order valence-corrected chi connectivity index (χ4v) is 0.942. The lowest BCUT2D eigenvalue weighted by atomic mass is 10.3. The van der Waals surface area contributed by atoms with E-state index in [0.717, 1.165) is 12.5 Å². The molecule has 0 aromatic carbocycles. The number of carbonyl (C=O) groups excluding carboxylic acids is 1. The van der Waals surface area contributed by atoms with Crippen LogP contribution < -0.4 is 11.1 Å². The lowest BCUT2D eigenvalue weighted by Gasteiger charge is -2.07. The Labute approximate surface area is 78.8 Å². The molecule has 0 unspecified atom stereocenters. The summed E-state index contributed by atoms with van der Waals surface area (Å²) in [5.74, 6) is 0.666. The van der Waals surface area contributed by atoms with Crippen LogP contribution in [0.2, 0.25) is 0 Å². The zero-order valence-electron chi connectivity index (χ0n) is 8.08. The standard InChI is InChI=1S/C9H18N2O2/c1-7(10)9(12)11-4-5-13-6-8-2-3-8/h7-8H,2-6,10H2,1H3,(H,11,12)/t7-/m1/s1. The third-order valence-electron chi connectivity index (χ3n) is 2.01. The number of nitrogens with two attached hydrogens (primary N) is 1. The van der Waals surface area contributed by atoms with Crippen LogP contribution in [0, 0.1) is 5.92 Å². The van der Waals surface area contributed by atoms with Gasteiger partial charge in [0, 0.05) is 13.2 Å². The molecule has 0 bridgehead atoms. The van der Waals surface area contributed by atoms with Gasteiger partial charge in [-0.15, -0.1) is 0 Å². The molecule has 0 heterocycles. The van der Waals surface area contributed by atoms with Gasteiger partial charge in [0.25, 0.3) is 0 Å². The first kappa shape index (κ1) is 10.5. The summed E-state index contributed by atoms with van der Waals surface area (Å²) in [6.45, 7) is 3.66. The van der Waals surface area contributed by atoms with Crippen LogP contribution in [0.3, 0.4) is 0 Å². The van der Waals surface area contributed by atoms with Crippen LogP contribution in [0.5, 0.6) is 0 Å². The van der Waals surface area contributed by atoms with E-state index in [9.17, 15) is 4.79 Å². The zero-order valence-corrected chi connectivity index (χ0v) is 8.08. The molecule has 0 spiro atoms. The Morgan fingerprint density at radius 3 is 2.92 bits per heavy atom. The van der Waals surface area contributed by atoms with E-state index < -0.39 is 6.04 Å². The molecular formula is C9H18N2O2. The Balaban J connectivity index is 1.85. The maximum atomic E-state index is 11.0. The molecule has 1 aliphatic carbocycles. The van der Waals surface area contributed by atoms with E-state index in [1.54, 1.807) is 6.92 Å². The predicted molar refractivity (Wildman–Crippen MR) is 50.2 cm³/mol. The van der Waals surface area contributed by atoms with Gasteiger partial charge in [-0.05, 0) is 25.7 Å². The van der Waals surface area contributed by atoms with E-state index >= 15 is 0 Å². The van der Waals surface area contributed by atoms with E-state index in [1.165, 1.54) is 12.8 Å². The van der Waals surface area contributed by atoms with Gasteiger partial charge in [0.1, 0.15) is 0 Å². The zero-order chi connectivity index (χ0) is 9.68. The molecule has 76 valence electrons. The van der Waals surface area contributed by atoms with Gasteiger partial charge in [-0.3, -0.25) is 4.79 Å². The van der Waals surface area contributed by atoms with Crippen molar-refractivity contribution in [2.45, 2.75) is 25.8 Å². The molecule has 1 aliphatic rings. The normalized spacial score (nSPS) is 18.3. The largest absolute Gasteiger partial charge is 0.379 e. The molecule has 1 atom stereocenters. The van der Waals surface area contributed by atoms with Gasteiger partial charge < -0.3 is 15.8 Å². The fourth-order valence-electron chi connectivity index (χ4n) is 0.942. The maximum Gasteiger partial charge on any atom is 0.236 e. The summed E-state index contributed by atoms with van der Waals surface area (Å²) in [7, 11) is 0. The molecule has 4 nitrogen and oxygen atoms in total. The van der Waals surface area contributed by atoms with Crippen molar-refractivity contribution in [2.24, 2.45) is 11.7 Å². The molecule has 0 radical (unpaired) electrons. The number of nitrogens with one attached hydrogen (secondary N) is 1. The van der Waals surface area contributed by atoms with Crippen molar-refractivity contribution in [3.05, 3.63) is 0 Å². The third-order valence-corrected chi connectivity index (χ3v) is 2.01. The molecule has 0 aromatic rings. The number of hydrogen-bond acceptors (Lipinski definition) is 3. The van der Waals surface area contributed by atoms with E-state index in [4.69, 9.17) is 10.5 Å². The summed E-state index contributed by atoms with van der Waals surface area (Å²) in [4.78, 5) is 11.0. The molecule has 0 saturated heterocycles. The predicted octanol–water partition coefficient (Wildman–Crippen LogP) is -0.124. The fraction of sp³-hybridized carbons (Fsp3) is 0.889. The highest BCUT2D eigenvalue weighted by atomic mass is 16.5. The van der Waals surface area contributed by atoms with Crippen LogP contribution in [0.25, 0.3) is 0 Å². The van der Waals surface area contributed by atoms with Gasteiger partial charge in [0.2, 0.25) is 5.91 Å². The number of rotatable bonds is 6. The Kier molecular flexibility index (Phi) is 4.18. The number of amides is 1. The summed E-state index contributed by atoms with van der Waals surface area (Å²) in [6.07, 6.45) is 2.60. The van der Waals surface area contributed by atoms with Crippen molar-refractivity contribution in [2.75, 3.05) is 19.8 Å². The minimum atomic E-state index is -0.427. The SMILES string of the molecule is C[C@@H](N)C(=O)NCCOCC1CC1. The van der Waals surface area contributed by atoms with Crippen LogP contribution in [0.1, 0.15) is 19.8 Å². The average Bonchev–Trinajstić information content (AvgIpc) is 2.87. The van der Waals surface area contributed by atoms with Gasteiger partial charge in [0.15, 0.2) is 0 Å². The first-order valence-corrected chi connectivity index (χ1v) is 4.81. The number of hydrogen-bond donors (Lipinski definition) is 2. The van der Waals surface area contributed by atoms with Crippen molar-refractivity contribution in [3.8, 4) is 0 Å². The van der Waals surface area contributed by atoms with Crippen molar-refractivity contribution < 1.29 is 9.53 Å². The van der Waals surface area contributed by atoms with Gasteiger partial charge in [0.05, 0.1) is 12.6 Å². The van der Waals surface area contributed by atoms with Crippen LogP contribution in [0.4, 0.5) is 0 Å². The summed E-state index contributed by atoms with van der Waals surface area (Å²) in [6, 6.07) is -0.427. The van der Waals surface area contributed by atoms with Crippen LogP contribution in [0.15, 0.2) is 0 Å². The topological polar surface area (TPSA) is 64.4 Å². The van der Waals surface area contributed by atoms with Crippen molar-refractivity contribution in [1.82, 2.24) is 5.32 Å². The van der Waals surface area contributed by atoms with Crippen molar-refractivity contribution in [1.29, 1.82) is 0 Å². The molecule has 1 rings (SSSR count). The summed E-state index contributed by atoms with van der Waals surface area (Å²) >= 11 is 0. The molecule has 0 aromatic heterocycles. The molecule has 13 heavy (non-hydrogen) atoms. The minimum absolute atomic E-state index is 0.116. The molecular weight excluding hydrogens is 168 g/mol. The lowest BCUT2D eigenvalue weighted by Crippen LogP contribution is -2.39. The smallest absolute Gasteiger partial charge is 0.236 e. The van der Waals surface area contributed by atoms with Crippen LogP contribution in [-0.4, -0.2) is 31.7 Å². The van der Waals surface area contributed by atoms with Gasteiger partial charge >= 0.3 is 0 Å². The quantitative estimate of drug-likeness (QED) is 0.568. The number of carbonyl (C=O) groups is 1. The molecule has 1 fully saturated rings. The van der Waals surface area contributed by atoms with Gasteiger partial charge in [-0.25, -0.2) is 0 Å². The Morgan fingerprint density at radius 2 is 2.38 bits per heavy atom. The monoisotopic (exact) mass is 186 g/mol. The van der Waals surface area contributed by atoms with Crippen molar-refractivity contribution in [3.63, 3.8) is 0 Å². The molecule has 1 saturated carbocycles. The second-order valence-electron chi connectivity index (χ2n) is 3.60. The maximum absolute atomic E-state index is 11.0. The highest BCUT2D eigenvalue weighted by Crippen LogP contribution is 2.28. The second-order valence-corrected chi connectivity index (χ2v) is 3.60. The van der Waals surface area contributed by atoms with Gasteiger partial charge in [-0.1, -0.05) is 0 Å². The minimum Gasteiger partial charge on any atom is -0.379 e. The first-order valence-electron chi connectivity index (χ1n) is 4.81. The summed E-state index contributed by atoms with van der Waals surface area (Å²) in [5.41, 5.74) is 5.36. The second kappa shape index (κ2) is 5.19. The molecule has 1 amide bonds. The first-order chi connectivity index (χ1) is 6.20. The Bertz CT molecular complexity index is 167. The summed E-state index contributed by atoms with van der Waals surface area (Å²) in [5, 5.41) is 2.69. The van der Waals surface area contributed by atoms with Crippen LogP contribution in [-0.2, 0) is 9.53 Å². The third kappa shape index (κ3) is 4.85. The van der Waals surface area contributed by atoms with E-state index in [1.807, 2.05) is 0 Å². The highest BCUT2D eigenvalue weighted by Gasteiger charge is 2.20. The van der Waals surface area contributed by atoms with E-state index in [0.29, 0.717) is 13.2 Å². The molecule has 3 N–H and O–H groups in total. The van der Waals surface area contributed by atoms with E-state index in [-0.39, 0.29) is 5.91 Å². The average molecular weight is 186 g/mol. The Morgan fingerprint density at radius 1 is 1.69 bits per heavy atom. The van der Waals surface area contributed by atoms with Crippen LogP contribution >= 0.6 is 0 Å². The summed E-state index contributed by atoms with van der Waals surface area (Å²) < 4.78 is 5.33.